The zero-order valence-electron chi connectivity index (χ0n) is 15.8. The molecule has 0 saturated carbocycles. The van der Waals surface area contributed by atoms with E-state index in [1.54, 1.807) is 48.6 Å². The first-order chi connectivity index (χ1) is 14.3. The minimum atomic E-state index is -4.35. The molecule has 7 heteroatoms. The van der Waals surface area contributed by atoms with Gasteiger partial charge < -0.3 is 9.84 Å². The second kappa shape index (κ2) is 9.26. The number of hydrogen-bond acceptors (Lipinski definition) is 3. The average Bonchev–Trinajstić information content (AvgIpc) is 2.71. The number of aliphatic carboxylic acids is 1. The van der Waals surface area contributed by atoms with Gasteiger partial charge in [0.25, 0.3) is 0 Å². The van der Waals surface area contributed by atoms with Crippen LogP contribution in [0.1, 0.15) is 16.8 Å². The van der Waals surface area contributed by atoms with Gasteiger partial charge >= 0.3 is 12.1 Å². The minimum absolute atomic E-state index is 0.154. The predicted octanol–water partition coefficient (Wildman–Crippen LogP) is 5.49. The Morgan fingerprint density at radius 2 is 1.77 bits per heavy atom. The summed E-state index contributed by atoms with van der Waals surface area (Å²) in [7, 11) is 0. The van der Waals surface area contributed by atoms with Crippen molar-refractivity contribution in [3.05, 3.63) is 89.6 Å². The van der Waals surface area contributed by atoms with E-state index in [1.807, 2.05) is 6.07 Å². The fourth-order valence-electron chi connectivity index (χ4n) is 2.75. The van der Waals surface area contributed by atoms with Crippen LogP contribution in [0.4, 0.5) is 13.2 Å². The summed E-state index contributed by atoms with van der Waals surface area (Å²) in [6.45, 7) is 0.233. The van der Waals surface area contributed by atoms with Crippen molar-refractivity contribution in [3.8, 4) is 17.0 Å². The lowest BCUT2D eigenvalue weighted by atomic mass is 10.1. The summed E-state index contributed by atoms with van der Waals surface area (Å²) in [5.41, 5.74) is 1.84. The van der Waals surface area contributed by atoms with Gasteiger partial charge in [0.05, 0.1) is 23.4 Å². The molecule has 0 radical (unpaired) electrons. The lowest BCUT2D eigenvalue weighted by Gasteiger charge is -2.07. The molecule has 3 rings (SSSR count). The third-order valence-corrected chi connectivity index (χ3v) is 4.16. The van der Waals surface area contributed by atoms with Crippen molar-refractivity contribution in [1.82, 2.24) is 4.98 Å². The van der Waals surface area contributed by atoms with Crippen molar-refractivity contribution in [2.45, 2.75) is 12.6 Å². The maximum Gasteiger partial charge on any atom is 0.416 e. The maximum atomic E-state index is 12.6. The molecule has 1 heterocycles. The normalized spacial score (nSPS) is 11.6. The molecule has 2 aromatic carbocycles. The molecule has 3 aromatic rings. The zero-order valence-corrected chi connectivity index (χ0v) is 15.8. The lowest BCUT2D eigenvalue weighted by molar-refractivity contribution is -0.138. The second-order valence-corrected chi connectivity index (χ2v) is 6.45. The number of alkyl halides is 3. The van der Waals surface area contributed by atoms with E-state index in [0.29, 0.717) is 22.7 Å². The van der Waals surface area contributed by atoms with Crippen LogP contribution in [0.3, 0.4) is 0 Å². The number of carbonyl (C=O) groups is 1. The molecule has 30 heavy (non-hydrogen) atoms. The number of rotatable bonds is 7. The lowest BCUT2D eigenvalue weighted by Crippen LogP contribution is -2.04. The summed E-state index contributed by atoms with van der Waals surface area (Å²) >= 11 is 0. The number of hydrogen-bond donors (Lipinski definition) is 1. The van der Waals surface area contributed by atoms with E-state index in [9.17, 15) is 18.0 Å². The van der Waals surface area contributed by atoms with Gasteiger partial charge in [0.2, 0.25) is 0 Å². The number of benzene rings is 2. The molecule has 1 aromatic heterocycles. The predicted molar refractivity (Wildman–Crippen MR) is 107 cm³/mol. The van der Waals surface area contributed by atoms with Gasteiger partial charge in [-0.25, -0.2) is 0 Å². The van der Waals surface area contributed by atoms with Gasteiger partial charge in [-0.1, -0.05) is 36.4 Å². The third kappa shape index (κ3) is 5.94. The average molecular weight is 413 g/mol. The Morgan fingerprint density at radius 3 is 2.47 bits per heavy atom. The first-order valence-corrected chi connectivity index (χ1v) is 9.06. The van der Waals surface area contributed by atoms with Crippen molar-refractivity contribution in [2.24, 2.45) is 0 Å². The number of carboxylic acid groups (broad SMARTS) is 1. The molecule has 154 valence electrons. The van der Waals surface area contributed by atoms with Crippen LogP contribution >= 0.6 is 0 Å². The van der Waals surface area contributed by atoms with Gasteiger partial charge in [-0.2, -0.15) is 13.2 Å². The number of aromatic nitrogens is 1. The van der Waals surface area contributed by atoms with Crippen molar-refractivity contribution in [2.75, 3.05) is 6.61 Å². The van der Waals surface area contributed by atoms with Crippen LogP contribution in [-0.4, -0.2) is 22.7 Å². The Kier molecular flexibility index (Phi) is 6.51. The number of pyridine rings is 1. The summed E-state index contributed by atoms with van der Waals surface area (Å²) < 4.78 is 43.4. The molecule has 0 unspecified atom stereocenters. The molecular weight excluding hydrogens is 395 g/mol. The minimum Gasteiger partial charge on any atom is -0.490 e. The Hall–Kier alpha value is -3.61. The number of carboxylic acids is 1. The molecule has 0 fully saturated rings. The molecule has 0 aliphatic rings. The van der Waals surface area contributed by atoms with E-state index in [4.69, 9.17) is 9.84 Å². The molecule has 0 amide bonds. The van der Waals surface area contributed by atoms with Crippen LogP contribution in [0.2, 0.25) is 0 Å². The first kappa shape index (κ1) is 21.1. The smallest absolute Gasteiger partial charge is 0.416 e. The summed E-state index contributed by atoms with van der Waals surface area (Å²) in [6.07, 6.45) is -1.11. The Balaban J connectivity index is 1.62. The number of ether oxygens (including phenoxy) is 1. The summed E-state index contributed by atoms with van der Waals surface area (Å²) in [5.74, 6) is -0.355. The van der Waals surface area contributed by atoms with Gasteiger partial charge in [-0.3, -0.25) is 9.78 Å². The van der Waals surface area contributed by atoms with E-state index in [1.165, 1.54) is 12.1 Å². The van der Waals surface area contributed by atoms with Gasteiger partial charge in [-0.15, -0.1) is 0 Å². The second-order valence-electron chi connectivity index (χ2n) is 6.45. The summed E-state index contributed by atoms with van der Waals surface area (Å²) in [6, 6.07) is 17.3. The molecule has 0 aliphatic heterocycles. The van der Waals surface area contributed by atoms with Gasteiger partial charge in [0, 0.05) is 5.56 Å². The van der Waals surface area contributed by atoms with E-state index < -0.39 is 17.7 Å². The molecule has 4 nitrogen and oxygen atoms in total. The zero-order chi connectivity index (χ0) is 21.6. The van der Waals surface area contributed by atoms with Crippen molar-refractivity contribution >= 4 is 12.0 Å². The molecule has 1 N–H and O–H groups in total. The van der Waals surface area contributed by atoms with E-state index in [0.717, 1.165) is 17.7 Å². The molecule has 0 saturated heterocycles. The fourth-order valence-corrected chi connectivity index (χ4v) is 2.75. The van der Waals surface area contributed by atoms with Crippen molar-refractivity contribution in [1.29, 1.82) is 0 Å². The Bertz CT molecular complexity index is 1040. The quantitative estimate of drug-likeness (QED) is 0.557. The van der Waals surface area contributed by atoms with Crippen molar-refractivity contribution in [3.63, 3.8) is 0 Å². The van der Waals surface area contributed by atoms with Crippen LogP contribution < -0.4 is 4.74 Å². The molecule has 0 spiro atoms. The summed E-state index contributed by atoms with van der Waals surface area (Å²) in [5, 5.41) is 8.91. The molecular formula is C23H18F3NO3. The van der Waals surface area contributed by atoms with Crippen LogP contribution in [0.5, 0.6) is 5.75 Å². The number of halogens is 3. The Labute approximate surface area is 171 Å². The van der Waals surface area contributed by atoms with E-state index in [2.05, 4.69) is 4.98 Å². The molecule has 0 atom stereocenters. The first-order valence-electron chi connectivity index (χ1n) is 9.06. The third-order valence-electron chi connectivity index (χ3n) is 4.16. The van der Waals surface area contributed by atoms with E-state index in [-0.39, 0.29) is 13.0 Å². The number of nitrogens with zero attached hydrogens (tertiary/aromatic N) is 1. The Morgan fingerprint density at radius 1 is 1.03 bits per heavy atom. The maximum absolute atomic E-state index is 12.6. The van der Waals surface area contributed by atoms with Crippen molar-refractivity contribution < 1.29 is 27.8 Å². The van der Waals surface area contributed by atoms with Gasteiger partial charge in [0.15, 0.2) is 0 Å². The topological polar surface area (TPSA) is 59.4 Å². The van der Waals surface area contributed by atoms with Crippen LogP contribution in [-0.2, 0) is 17.4 Å². The molecule has 0 aliphatic carbocycles. The van der Waals surface area contributed by atoms with E-state index >= 15 is 0 Å². The highest BCUT2D eigenvalue weighted by molar-refractivity contribution is 5.70. The highest BCUT2D eigenvalue weighted by Gasteiger charge is 2.29. The largest absolute Gasteiger partial charge is 0.490 e. The molecule has 0 bridgehead atoms. The monoisotopic (exact) mass is 413 g/mol. The highest BCUT2D eigenvalue weighted by Crippen LogP contribution is 2.29. The fraction of sp³-hybridized carbons (Fsp3) is 0.130. The summed E-state index contributed by atoms with van der Waals surface area (Å²) in [4.78, 5) is 15.2. The highest BCUT2D eigenvalue weighted by atomic mass is 19.4. The van der Waals surface area contributed by atoms with Crippen LogP contribution in [0.25, 0.3) is 17.3 Å². The standard InChI is InChI=1S/C23H18F3NO3/c24-23(25,26)18-11-9-16(10-12-18)4-3-13-30-20-7-1-5-17(14-20)21-8-2-6-19(27-21)15-22(28)29/h1-12,14H,13,15H2,(H,28,29)/b4-3+. The SMILES string of the molecule is O=C(O)Cc1cccc(-c2cccc(OC/C=C/c3ccc(C(F)(F)F)cc3)c2)n1. The van der Waals surface area contributed by atoms with Crippen LogP contribution in [0, 0.1) is 0 Å². The van der Waals surface area contributed by atoms with Crippen LogP contribution in [0.15, 0.2) is 72.8 Å². The van der Waals surface area contributed by atoms with Gasteiger partial charge in [0.1, 0.15) is 12.4 Å². The van der Waals surface area contributed by atoms with Gasteiger partial charge in [-0.05, 0) is 48.0 Å².